The summed E-state index contributed by atoms with van der Waals surface area (Å²) < 4.78 is 20.3. The summed E-state index contributed by atoms with van der Waals surface area (Å²) in [6, 6.07) is 6.26. The molecule has 2 rings (SSSR count). The van der Waals surface area contributed by atoms with Crippen LogP contribution in [0, 0.1) is 5.82 Å². The zero-order valence-electron chi connectivity index (χ0n) is 13.2. The van der Waals surface area contributed by atoms with Crippen molar-refractivity contribution >= 4 is 6.09 Å². The number of rotatable bonds is 3. The van der Waals surface area contributed by atoms with Gasteiger partial charge in [-0.1, -0.05) is 0 Å². The van der Waals surface area contributed by atoms with Crippen LogP contribution in [0.1, 0.15) is 26.3 Å². The summed E-state index contributed by atoms with van der Waals surface area (Å²) in [7, 11) is 1.81. The number of hydrogen-bond acceptors (Lipinski definition) is 3. The number of aromatic nitrogens is 2. The van der Waals surface area contributed by atoms with E-state index in [0.29, 0.717) is 5.56 Å². The number of alkyl carbamates (subject to hydrolysis) is 1. The molecule has 6 heteroatoms. The van der Waals surface area contributed by atoms with Gasteiger partial charge >= 0.3 is 6.09 Å². The Morgan fingerprint density at radius 1 is 1.36 bits per heavy atom. The van der Waals surface area contributed by atoms with E-state index >= 15 is 0 Å². The molecule has 1 heterocycles. The first-order valence-electron chi connectivity index (χ1n) is 7.00. The van der Waals surface area contributed by atoms with E-state index in [-0.39, 0.29) is 12.4 Å². The van der Waals surface area contributed by atoms with Gasteiger partial charge in [0.15, 0.2) is 0 Å². The van der Waals surface area contributed by atoms with Crippen LogP contribution in [-0.2, 0) is 18.3 Å². The van der Waals surface area contributed by atoms with Gasteiger partial charge in [-0.05, 0) is 50.6 Å². The fourth-order valence-electron chi connectivity index (χ4n) is 2.00. The van der Waals surface area contributed by atoms with Gasteiger partial charge in [-0.15, -0.1) is 0 Å². The highest BCUT2D eigenvalue weighted by Gasteiger charge is 2.17. The fourth-order valence-corrected chi connectivity index (χ4v) is 2.00. The molecule has 118 valence electrons. The molecule has 0 aliphatic heterocycles. The fraction of sp³-hybridized carbons (Fsp3) is 0.375. The minimum atomic E-state index is -0.574. The van der Waals surface area contributed by atoms with E-state index in [9.17, 15) is 9.18 Å². The first kappa shape index (κ1) is 16.0. The number of amides is 1. The zero-order valence-corrected chi connectivity index (χ0v) is 13.2. The average Bonchev–Trinajstić information content (AvgIpc) is 2.81. The molecular formula is C16H20FN3O2. The number of nitrogens with one attached hydrogen (secondary N) is 1. The monoisotopic (exact) mass is 305 g/mol. The van der Waals surface area contributed by atoms with Crippen molar-refractivity contribution in [2.75, 3.05) is 0 Å². The van der Waals surface area contributed by atoms with Crippen LogP contribution in [0.4, 0.5) is 9.18 Å². The van der Waals surface area contributed by atoms with Crippen molar-refractivity contribution in [3.63, 3.8) is 0 Å². The standard InChI is InChI=1S/C16H20FN3O2/c1-16(2,3)22-15(21)18-10-11-9-12(17)5-6-13(11)14-7-8-20(4)19-14/h5-9H,10H2,1-4H3,(H,18,21). The van der Waals surface area contributed by atoms with Crippen molar-refractivity contribution in [1.82, 2.24) is 15.1 Å². The molecular weight excluding hydrogens is 285 g/mol. The number of carbonyl (C=O) groups is 1. The van der Waals surface area contributed by atoms with E-state index in [1.165, 1.54) is 12.1 Å². The maximum Gasteiger partial charge on any atom is 0.407 e. The average molecular weight is 305 g/mol. The van der Waals surface area contributed by atoms with Crippen LogP contribution in [0.2, 0.25) is 0 Å². The molecule has 0 aliphatic rings. The Labute approximate surface area is 129 Å². The molecule has 0 aliphatic carbocycles. The Morgan fingerprint density at radius 3 is 2.68 bits per heavy atom. The summed E-state index contributed by atoms with van der Waals surface area (Å²) >= 11 is 0. The van der Waals surface area contributed by atoms with Gasteiger partial charge in [0.1, 0.15) is 11.4 Å². The van der Waals surface area contributed by atoms with Crippen LogP contribution in [-0.4, -0.2) is 21.5 Å². The highest BCUT2D eigenvalue weighted by molar-refractivity contribution is 5.69. The SMILES string of the molecule is Cn1ccc(-c2ccc(F)cc2CNC(=O)OC(C)(C)C)n1. The van der Waals surface area contributed by atoms with Gasteiger partial charge in [-0.25, -0.2) is 9.18 Å². The second-order valence-corrected chi connectivity index (χ2v) is 6.03. The Hall–Kier alpha value is -2.37. The Balaban J connectivity index is 2.16. The van der Waals surface area contributed by atoms with E-state index in [1.807, 2.05) is 19.3 Å². The number of carbonyl (C=O) groups excluding carboxylic acids is 1. The summed E-state index contributed by atoms with van der Waals surface area (Å²) in [5.74, 6) is -0.360. The lowest BCUT2D eigenvalue weighted by molar-refractivity contribution is 0.0523. The van der Waals surface area contributed by atoms with Crippen LogP contribution >= 0.6 is 0 Å². The molecule has 2 aromatic rings. The highest BCUT2D eigenvalue weighted by atomic mass is 19.1. The zero-order chi connectivity index (χ0) is 16.3. The maximum atomic E-state index is 13.5. The van der Waals surface area contributed by atoms with E-state index in [1.54, 1.807) is 31.5 Å². The van der Waals surface area contributed by atoms with Gasteiger partial charge in [-0.2, -0.15) is 5.10 Å². The van der Waals surface area contributed by atoms with Gasteiger partial charge in [-0.3, -0.25) is 4.68 Å². The minimum absolute atomic E-state index is 0.165. The Kier molecular flexibility index (Phi) is 4.49. The molecule has 0 atom stereocenters. The maximum absolute atomic E-state index is 13.5. The van der Waals surface area contributed by atoms with E-state index < -0.39 is 11.7 Å². The number of hydrogen-bond donors (Lipinski definition) is 1. The molecule has 0 radical (unpaired) electrons. The Morgan fingerprint density at radius 2 is 2.09 bits per heavy atom. The van der Waals surface area contributed by atoms with E-state index in [4.69, 9.17) is 4.74 Å². The summed E-state index contributed by atoms with van der Waals surface area (Å²) in [6.45, 7) is 5.52. The molecule has 0 spiro atoms. The number of benzene rings is 1. The summed E-state index contributed by atoms with van der Waals surface area (Å²) in [5.41, 5.74) is 1.57. The van der Waals surface area contributed by atoms with Crippen molar-refractivity contribution in [2.24, 2.45) is 7.05 Å². The molecule has 1 N–H and O–H groups in total. The molecule has 1 aromatic heterocycles. The van der Waals surface area contributed by atoms with Crippen LogP contribution in [0.25, 0.3) is 11.3 Å². The molecule has 0 saturated heterocycles. The van der Waals surface area contributed by atoms with Gasteiger partial charge in [0, 0.05) is 25.4 Å². The number of nitrogens with zero attached hydrogens (tertiary/aromatic N) is 2. The lowest BCUT2D eigenvalue weighted by Gasteiger charge is -2.20. The molecule has 1 aromatic carbocycles. The topological polar surface area (TPSA) is 56.2 Å². The Bertz CT molecular complexity index is 674. The lowest BCUT2D eigenvalue weighted by Crippen LogP contribution is -2.32. The van der Waals surface area contributed by atoms with Crippen LogP contribution in [0.3, 0.4) is 0 Å². The summed E-state index contributed by atoms with van der Waals surface area (Å²) in [6.07, 6.45) is 1.27. The number of halogens is 1. The second kappa shape index (κ2) is 6.17. The minimum Gasteiger partial charge on any atom is -0.444 e. The van der Waals surface area contributed by atoms with Gasteiger partial charge in [0.2, 0.25) is 0 Å². The highest BCUT2D eigenvalue weighted by Crippen LogP contribution is 2.23. The third kappa shape index (κ3) is 4.31. The predicted molar refractivity (Wildman–Crippen MR) is 81.7 cm³/mol. The van der Waals surface area contributed by atoms with Crippen molar-refractivity contribution in [3.05, 3.63) is 41.8 Å². The van der Waals surface area contributed by atoms with Crippen molar-refractivity contribution in [1.29, 1.82) is 0 Å². The molecule has 22 heavy (non-hydrogen) atoms. The molecule has 0 fully saturated rings. The smallest absolute Gasteiger partial charge is 0.407 e. The van der Waals surface area contributed by atoms with E-state index in [2.05, 4.69) is 10.4 Å². The third-order valence-electron chi connectivity index (χ3n) is 2.88. The van der Waals surface area contributed by atoms with Gasteiger partial charge in [0.05, 0.1) is 5.69 Å². The largest absolute Gasteiger partial charge is 0.444 e. The summed E-state index contributed by atoms with van der Waals surface area (Å²) in [4.78, 5) is 11.7. The quantitative estimate of drug-likeness (QED) is 0.947. The predicted octanol–water partition coefficient (Wildman–Crippen LogP) is 3.25. The van der Waals surface area contributed by atoms with Gasteiger partial charge < -0.3 is 10.1 Å². The van der Waals surface area contributed by atoms with Crippen LogP contribution in [0.15, 0.2) is 30.5 Å². The molecule has 5 nitrogen and oxygen atoms in total. The molecule has 0 saturated carbocycles. The first-order chi connectivity index (χ1) is 10.2. The van der Waals surface area contributed by atoms with Crippen molar-refractivity contribution in [3.8, 4) is 11.3 Å². The third-order valence-corrected chi connectivity index (χ3v) is 2.88. The van der Waals surface area contributed by atoms with E-state index in [0.717, 1.165) is 11.3 Å². The van der Waals surface area contributed by atoms with Crippen LogP contribution < -0.4 is 5.32 Å². The second-order valence-electron chi connectivity index (χ2n) is 6.03. The van der Waals surface area contributed by atoms with Gasteiger partial charge in [0.25, 0.3) is 0 Å². The van der Waals surface area contributed by atoms with Crippen molar-refractivity contribution < 1.29 is 13.9 Å². The molecule has 0 unspecified atom stereocenters. The number of ether oxygens (including phenoxy) is 1. The van der Waals surface area contributed by atoms with Crippen molar-refractivity contribution in [2.45, 2.75) is 32.9 Å². The summed E-state index contributed by atoms with van der Waals surface area (Å²) in [5, 5.41) is 6.95. The molecule has 0 bridgehead atoms. The van der Waals surface area contributed by atoms with Crippen LogP contribution in [0.5, 0.6) is 0 Å². The number of aryl methyl sites for hydroxylation is 1. The lowest BCUT2D eigenvalue weighted by atomic mass is 10.0. The normalized spacial score (nSPS) is 11.3. The first-order valence-corrected chi connectivity index (χ1v) is 7.00. The molecule has 1 amide bonds.